The Kier molecular flexibility index (Phi) is 6.80. The molecule has 26 heavy (non-hydrogen) atoms. The van der Waals surface area contributed by atoms with Crippen LogP contribution in [-0.2, 0) is 25.6 Å². The van der Waals surface area contributed by atoms with Gasteiger partial charge in [0.25, 0.3) is 0 Å². The van der Waals surface area contributed by atoms with Crippen LogP contribution < -0.4 is 5.32 Å². The van der Waals surface area contributed by atoms with Crippen LogP contribution in [-0.4, -0.2) is 35.9 Å². The molecule has 0 aromatic heterocycles. The number of nitrogens with one attached hydrogen (secondary N) is 1. The predicted octanol–water partition coefficient (Wildman–Crippen LogP) is 3.36. The van der Waals surface area contributed by atoms with Gasteiger partial charge in [-0.3, -0.25) is 4.79 Å². The molecule has 0 saturated carbocycles. The first-order valence-electron chi connectivity index (χ1n) is 8.73. The van der Waals surface area contributed by atoms with Crippen molar-refractivity contribution in [3.63, 3.8) is 0 Å². The minimum atomic E-state index is -0.619. The first-order valence-corrected chi connectivity index (χ1v) is 8.73. The topological polar surface area (TPSA) is 73.9 Å². The van der Waals surface area contributed by atoms with E-state index in [2.05, 4.69) is 5.32 Å². The third-order valence-corrected chi connectivity index (χ3v) is 3.73. The predicted molar refractivity (Wildman–Crippen MR) is 97.5 cm³/mol. The van der Waals surface area contributed by atoms with E-state index >= 15 is 0 Å². The molecule has 142 valence electrons. The van der Waals surface area contributed by atoms with Crippen LogP contribution in [0.25, 0.3) is 0 Å². The number of amides is 1. The molecule has 3 atom stereocenters. The van der Waals surface area contributed by atoms with Gasteiger partial charge in [0, 0.05) is 13.3 Å². The van der Waals surface area contributed by atoms with E-state index in [9.17, 15) is 9.59 Å². The number of benzene rings is 1. The Morgan fingerprint density at radius 1 is 1.19 bits per heavy atom. The Morgan fingerprint density at radius 3 is 2.50 bits per heavy atom. The number of ether oxygens (including phenoxy) is 3. The lowest BCUT2D eigenvalue weighted by Crippen LogP contribution is -2.54. The number of hydrogen-bond acceptors (Lipinski definition) is 5. The molecule has 0 spiro atoms. The molecular formula is C20H27NO5. The monoisotopic (exact) mass is 361 g/mol. The Hall–Kier alpha value is -2.34. The van der Waals surface area contributed by atoms with Gasteiger partial charge < -0.3 is 19.5 Å². The second-order valence-corrected chi connectivity index (χ2v) is 7.24. The van der Waals surface area contributed by atoms with Crippen molar-refractivity contribution in [2.24, 2.45) is 0 Å². The molecule has 0 bridgehead atoms. The standard InChI is InChI=1S/C20H27NO5/c1-14(22)25-17-12-8-11-16(24-13-15-9-6-5-7-10-15)18(17)21-19(23)26-20(2,3)4/h5-11,16-18H,12-13H2,1-4H3,(H,21,23)/t16-,17-,18+/m0/s1. The summed E-state index contributed by atoms with van der Waals surface area (Å²) in [6.45, 7) is 7.11. The molecule has 0 saturated heterocycles. The Morgan fingerprint density at radius 2 is 1.88 bits per heavy atom. The van der Waals surface area contributed by atoms with Crippen molar-refractivity contribution in [3.05, 3.63) is 48.0 Å². The summed E-state index contributed by atoms with van der Waals surface area (Å²) >= 11 is 0. The summed E-state index contributed by atoms with van der Waals surface area (Å²) in [6, 6.07) is 9.22. The van der Waals surface area contributed by atoms with Crippen LogP contribution in [0, 0.1) is 0 Å². The molecule has 2 rings (SSSR count). The van der Waals surface area contributed by atoms with Crippen LogP contribution >= 0.6 is 0 Å². The second-order valence-electron chi connectivity index (χ2n) is 7.24. The van der Waals surface area contributed by atoms with Crippen LogP contribution in [0.3, 0.4) is 0 Å². The lowest BCUT2D eigenvalue weighted by atomic mass is 9.95. The highest BCUT2D eigenvalue weighted by atomic mass is 16.6. The van der Waals surface area contributed by atoms with Gasteiger partial charge in [-0.05, 0) is 26.3 Å². The Balaban J connectivity index is 2.08. The number of rotatable bonds is 5. The molecular weight excluding hydrogens is 334 g/mol. The maximum Gasteiger partial charge on any atom is 0.408 e. The first-order chi connectivity index (χ1) is 12.2. The zero-order chi connectivity index (χ0) is 19.2. The van der Waals surface area contributed by atoms with Gasteiger partial charge in [0.15, 0.2) is 0 Å². The van der Waals surface area contributed by atoms with Crippen LogP contribution in [0.15, 0.2) is 42.5 Å². The fourth-order valence-electron chi connectivity index (χ4n) is 2.70. The summed E-state index contributed by atoms with van der Waals surface area (Å²) in [5.41, 5.74) is 0.401. The van der Waals surface area contributed by atoms with Gasteiger partial charge in [-0.2, -0.15) is 0 Å². The largest absolute Gasteiger partial charge is 0.460 e. The minimum Gasteiger partial charge on any atom is -0.460 e. The van der Waals surface area contributed by atoms with Gasteiger partial charge in [0.1, 0.15) is 11.7 Å². The van der Waals surface area contributed by atoms with Crippen molar-refractivity contribution in [3.8, 4) is 0 Å². The first kappa shape index (κ1) is 20.0. The summed E-state index contributed by atoms with van der Waals surface area (Å²) < 4.78 is 16.7. The van der Waals surface area contributed by atoms with E-state index in [0.29, 0.717) is 13.0 Å². The van der Waals surface area contributed by atoms with Gasteiger partial charge in [-0.15, -0.1) is 0 Å². The molecule has 6 nitrogen and oxygen atoms in total. The number of hydrogen-bond donors (Lipinski definition) is 1. The molecule has 0 radical (unpaired) electrons. The number of alkyl carbamates (subject to hydrolysis) is 1. The van der Waals surface area contributed by atoms with E-state index in [-0.39, 0.29) is 0 Å². The Bertz CT molecular complexity index is 635. The van der Waals surface area contributed by atoms with Crippen LogP contribution in [0.5, 0.6) is 0 Å². The maximum atomic E-state index is 12.2. The van der Waals surface area contributed by atoms with Crippen LogP contribution in [0.4, 0.5) is 4.79 Å². The van der Waals surface area contributed by atoms with Crippen molar-refractivity contribution >= 4 is 12.1 Å². The van der Waals surface area contributed by atoms with Gasteiger partial charge in [-0.1, -0.05) is 42.5 Å². The zero-order valence-corrected chi connectivity index (χ0v) is 15.7. The highest BCUT2D eigenvalue weighted by Crippen LogP contribution is 2.21. The third kappa shape index (κ3) is 6.52. The average Bonchev–Trinajstić information content (AvgIpc) is 2.54. The lowest BCUT2D eigenvalue weighted by Gasteiger charge is -2.35. The van der Waals surface area contributed by atoms with Crippen molar-refractivity contribution in [2.75, 3.05) is 0 Å². The van der Waals surface area contributed by atoms with Crippen molar-refractivity contribution in [2.45, 2.75) is 64.6 Å². The molecule has 1 aliphatic carbocycles. The minimum absolute atomic E-state index is 0.384. The third-order valence-electron chi connectivity index (χ3n) is 3.73. The van der Waals surface area contributed by atoms with E-state index in [1.165, 1.54) is 6.92 Å². The van der Waals surface area contributed by atoms with Gasteiger partial charge in [0.05, 0.1) is 18.8 Å². The van der Waals surface area contributed by atoms with Crippen molar-refractivity contribution in [1.29, 1.82) is 0 Å². The van der Waals surface area contributed by atoms with Gasteiger partial charge in [-0.25, -0.2) is 4.79 Å². The summed E-state index contributed by atoms with van der Waals surface area (Å²) in [5.74, 6) is -0.400. The number of esters is 1. The SMILES string of the molecule is CC(=O)O[C@H]1CC=C[C@H](OCc2ccccc2)[C@H]1NC(=O)OC(C)(C)C. The molecule has 1 aromatic rings. The summed E-state index contributed by atoms with van der Waals surface area (Å²) in [7, 11) is 0. The number of carbonyl (C=O) groups excluding carboxylic acids is 2. The molecule has 0 aliphatic heterocycles. The molecule has 6 heteroatoms. The summed E-state index contributed by atoms with van der Waals surface area (Å²) in [4.78, 5) is 23.7. The molecule has 1 aliphatic rings. The van der Waals surface area contributed by atoms with Gasteiger partial charge in [0.2, 0.25) is 0 Å². The number of carbonyl (C=O) groups is 2. The summed E-state index contributed by atoms with van der Waals surface area (Å²) in [6.07, 6.45) is 2.78. The van der Waals surface area contributed by atoms with E-state index in [4.69, 9.17) is 14.2 Å². The highest BCUT2D eigenvalue weighted by Gasteiger charge is 2.35. The van der Waals surface area contributed by atoms with Crippen molar-refractivity contribution < 1.29 is 23.8 Å². The molecule has 1 aromatic carbocycles. The fourth-order valence-corrected chi connectivity index (χ4v) is 2.70. The quantitative estimate of drug-likeness (QED) is 0.643. The van der Waals surface area contributed by atoms with Gasteiger partial charge >= 0.3 is 12.1 Å². The summed E-state index contributed by atoms with van der Waals surface area (Å²) in [5, 5.41) is 2.80. The smallest absolute Gasteiger partial charge is 0.408 e. The van der Waals surface area contributed by atoms with E-state index in [0.717, 1.165) is 5.56 Å². The second kappa shape index (κ2) is 8.85. The Labute approximate surface area is 154 Å². The van der Waals surface area contributed by atoms with E-state index < -0.39 is 35.9 Å². The highest BCUT2D eigenvalue weighted by molar-refractivity contribution is 5.69. The molecule has 0 heterocycles. The lowest BCUT2D eigenvalue weighted by molar-refractivity contribution is -0.150. The van der Waals surface area contributed by atoms with E-state index in [1.54, 1.807) is 20.8 Å². The molecule has 1 N–H and O–H groups in total. The van der Waals surface area contributed by atoms with Crippen LogP contribution in [0.2, 0.25) is 0 Å². The average molecular weight is 361 g/mol. The van der Waals surface area contributed by atoms with E-state index in [1.807, 2.05) is 42.5 Å². The zero-order valence-electron chi connectivity index (χ0n) is 15.7. The normalized spacial score (nSPS) is 22.5. The molecule has 1 amide bonds. The molecule has 0 fully saturated rings. The molecule has 0 unspecified atom stereocenters. The maximum absolute atomic E-state index is 12.2. The van der Waals surface area contributed by atoms with Crippen molar-refractivity contribution in [1.82, 2.24) is 5.32 Å². The van der Waals surface area contributed by atoms with Crippen LogP contribution in [0.1, 0.15) is 39.7 Å². The fraction of sp³-hybridized carbons (Fsp3) is 0.500.